The first kappa shape index (κ1) is 40.3. The van der Waals surface area contributed by atoms with Gasteiger partial charge in [-0.2, -0.15) is 0 Å². The molecule has 0 amide bonds. The van der Waals surface area contributed by atoms with Crippen LogP contribution in [-0.4, -0.2) is 8.80 Å². The Morgan fingerprint density at radius 2 is 0.514 bits per heavy atom. The summed E-state index contributed by atoms with van der Waals surface area (Å²) in [5, 5.41) is 9.77. The lowest BCUT2D eigenvalue weighted by Crippen LogP contribution is -2.11. The van der Waals surface area contributed by atoms with E-state index in [2.05, 4.69) is 286 Å². The molecule has 4 heteroatoms. The number of benzene rings is 12. The van der Waals surface area contributed by atoms with E-state index in [1.165, 1.54) is 87.4 Å². The van der Waals surface area contributed by atoms with Gasteiger partial charge >= 0.3 is 0 Å². The molecule has 0 saturated carbocycles. The highest BCUT2D eigenvalue weighted by Crippen LogP contribution is 2.51. The Bertz CT molecular complexity index is 4150. The summed E-state index contributed by atoms with van der Waals surface area (Å²) in [5.41, 5.74) is 18.3. The van der Waals surface area contributed by atoms with Gasteiger partial charge in [0.1, 0.15) is 0 Å². The third kappa shape index (κ3) is 5.99. The zero-order chi connectivity index (χ0) is 47.3. The predicted molar refractivity (Wildman–Crippen MR) is 305 cm³/mol. The fraction of sp³-hybridized carbons (Fsp3) is 0. The van der Waals surface area contributed by atoms with Gasteiger partial charge in [-0.1, -0.05) is 182 Å². The minimum atomic E-state index is 1.09. The molecule has 0 spiro atoms. The summed E-state index contributed by atoms with van der Waals surface area (Å²) in [6.45, 7) is 0. The Morgan fingerprint density at radius 3 is 0.847 bits per heavy atom. The molecule has 0 N–H and O–H groups in total. The topological polar surface area (TPSA) is 15.3 Å². The van der Waals surface area contributed by atoms with E-state index < -0.39 is 0 Å². The quantitative estimate of drug-likeness (QED) is 0.141. The van der Waals surface area contributed by atoms with Crippen LogP contribution in [0, 0.1) is 0 Å². The minimum absolute atomic E-state index is 1.09. The van der Waals surface area contributed by atoms with Crippen molar-refractivity contribution < 1.29 is 0 Å². The van der Waals surface area contributed by atoms with Gasteiger partial charge in [-0.15, -0.1) is 0 Å². The summed E-state index contributed by atoms with van der Waals surface area (Å²) in [7, 11) is 0. The Labute approximate surface area is 416 Å². The first-order chi connectivity index (χ1) is 35.8. The molecule has 4 nitrogen and oxygen atoms in total. The van der Waals surface area contributed by atoms with E-state index in [0.29, 0.717) is 0 Å². The first-order valence-electron chi connectivity index (χ1n) is 24.8. The average molecular weight is 917 g/mol. The summed E-state index contributed by atoms with van der Waals surface area (Å²) in [4.78, 5) is 4.84. The number of hydrogen-bond acceptors (Lipinski definition) is 2. The zero-order valence-corrected chi connectivity index (χ0v) is 39.2. The van der Waals surface area contributed by atoms with Crippen LogP contribution in [0.4, 0.5) is 34.1 Å². The average Bonchev–Trinajstić information content (AvgIpc) is 3.98. The normalized spacial score (nSPS) is 11.9. The van der Waals surface area contributed by atoms with E-state index >= 15 is 0 Å². The second-order valence-electron chi connectivity index (χ2n) is 18.9. The summed E-state index contributed by atoms with van der Waals surface area (Å²) < 4.78 is 5.22. The molecule has 15 rings (SSSR count). The zero-order valence-electron chi connectivity index (χ0n) is 39.2. The molecular formula is C68H44N4. The van der Waals surface area contributed by atoms with Crippen LogP contribution in [0.25, 0.3) is 98.4 Å². The van der Waals surface area contributed by atoms with Crippen LogP contribution < -0.4 is 9.80 Å². The molecule has 0 aliphatic carbocycles. The Morgan fingerprint density at radius 1 is 0.222 bits per heavy atom. The van der Waals surface area contributed by atoms with E-state index in [1.807, 2.05) is 0 Å². The molecular weight excluding hydrogens is 873 g/mol. The number of para-hydroxylation sites is 4. The molecule has 0 atom stereocenters. The Balaban J connectivity index is 1.21. The lowest BCUT2D eigenvalue weighted by Gasteiger charge is -2.27. The summed E-state index contributed by atoms with van der Waals surface area (Å²) >= 11 is 0. The Hall–Kier alpha value is -9.64. The monoisotopic (exact) mass is 916 g/mol. The Kier molecular flexibility index (Phi) is 8.92. The van der Waals surface area contributed by atoms with Crippen LogP contribution in [0.1, 0.15) is 0 Å². The molecule has 0 aliphatic heterocycles. The van der Waals surface area contributed by atoms with Crippen molar-refractivity contribution in [3.63, 3.8) is 0 Å². The highest BCUT2D eigenvalue weighted by atomic mass is 15.2. The van der Waals surface area contributed by atoms with Gasteiger partial charge in [-0.25, -0.2) is 0 Å². The second kappa shape index (κ2) is 16.0. The molecule has 0 unspecified atom stereocenters. The molecule has 0 fully saturated rings. The molecule has 0 saturated heterocycles. The van der Waals surface area contributed by atoms with Crippen molar-refractivity contribution in [1.29, 1.82) is 0 Å². The predicted octanol–water partition coefficient (Wildman–Crippen LogP) is 18.8. The SMILES string of the molecule is c1ccc(-c2cc3c(c4ccccc24)c2cc(N(c4ccccc4)c4ccccc4)cc4c2n3c2cc(N(c3ccccc3)c3ccccc3)cc3c5c6ccccc6c(-c6ccccc6)cc5n4c32)cc1. The third-order valence-electron chi connectivity index (χ3n) is 14.9. The number of rotatable bonds is 8. The lowest BCUT2D eigenvalue weighted by molar-refractivity contribution is 1.23. The van der Waals surface area contributed by atoms with Crippen LogP contribution >= 0.6 is 0 Å². The van der Waals surface area contributed by atoms with Crippen molar-refractivity contribution in [3.8, 4) is 22.3 Å². The molecule has 336 valence electrons. The second-order valence-corrected chi connectivity index (χ2v) is 18.9. The fourth-order valence-electron chi connectivity index (χ4n) is 12.0. The van der Waals surface area contributed by atoms with Crippen LogP contribution in [0.3, 0.4) is 0 Å². The fourth-order valence-corrected chi connectivity index (χ4v) is 12.0. The van der Waals surface area contributed by atoms with Gasteiger partial charge in [0.05, 0.1) is 33.1 Å². The van der Waals surface area contributed by atoms with Crippen molar-refractivity contribution in [2.45, 2.75) is 0 Å². The maximum Gasteiger partial charge on any atom is 0.0785 e. The number of anilines is 6. The van der Waals surface area contributed by atoms with Gasteiger partial charge in [0, 0.05) is 55.7 Å². The maximum atomic E-state index is 2.61. The van der Waals surface area contributed by atoms with E-state index in [0.717, 1.165) is 45.2 Å². The third-order valence-corrected chi connectivity index (χ3v) is 14.9. The highest BCUT2D eigenvalue weighted by molar-refractivity contribution is 6.32. The molecule has 72 heavy (non-hydrogen) atoms. The van der Waals surface area contributed by atoms with Crippen LogP contribution in [0.15, 0.2) is 267 Å². The van der Waals surface area contributed by atoms with Gasteiger partial charge in [0.15, 0.2) is 0 Å². The van der Waals surface area contributed by atoms with E-state index in [1.54, 1.807) is 0 Å². The number of nitrogens with zero attached hydrogens (tertiary/aromatic N) is 4. The van der Waals surface area contributed by atoms with Crippen LogP contribution in [0.2, 0.25) is 0 Å². The van der Waals surface area contributed by atoms with Gasteiger partial charge in [0.2, 0.25) is 0 Å². The van der Waals surface area contributed by atoms with Crippen molar-refractivity contribution in [3.05, 3.63) is 267 Å². The standard InChI is InChI=1S/C68H44N4/c1-7-23-45(24-8-1)57-43-61-65(55-37-21-19-35-53(55)57)59-39-51(69(47-27-11-3-12-28-47)48-29-13-4-14-30-48)42-64-67(59)71(61)63-41-52(70(49-31-15-5-16-32-49)50-33-17-6-18-34-50)40-60-66-56-38-22-20-36-54(56)58(46-25-9-2-10-26-46)44-62(66)72(64)68(60)63/h1-44H. The molecule has 0 radical (unpaired) electrons. The van der Waals surface area contributed by atoms with E-state index in [-0.39, 0.29) is 0 Å². The molecule has 0 bridgehead atoms. The summed E-state index contributed by atoms with van der Waals surface area (Å²) in [6.07, 6.45) is 0. The first-order valence-corrected chi connectivity index (χ1v) is 24.8. The van der Waals surface area contributed by atoms with Crippen LogP contribution in [-0.2, 0) is 0 Å². The van der Waals surface area contributed by atoms with E-state index in [4.69, 9.17) is 0 Å². The number of aromatic nitrogens is 2. The smallest absolute Gasteiger partial charge is 0.0785 e. The van der Waals surface area contributed by atoms with Crippen molar-refractivity contribution in [2.24, 2.45) is 0 Å². The molecule has 0 aliphatic rings. The van der Waals surface area contributed by atoms with Crippen molar-refractivity contribution >= 4 is 110 Å². The van der Waals surface area contributed by atoms with Gasteiger partial charge in [-0.05, 0) is 129 Å². The largest absolute Gasteiger partial charge is 0.310 e. The minimum Gasteiger partial charge on any atom is -0.310 e. The summed E-state index contributed by atoms with van der Waals surface area (Å²) in [5.74, 6) is 0. The highest BCUT2D eigenvalue weighted by Gasteiger charge is 2.28. The number of fused-ring (bicyclic) bond motifs is 12. The summed E-state index contributed by atoms with van der Waals surface area (Å²) in [6, 6.07) is 97.9. The number of hydrogen-bond donors (Lipinski definition) is 0. The van der Waals surface area contributed by atoms with Gasteiger partial charge < -0.3 is 18.6 Å². The lowest BCUT2D eigenvalue weighted by atomic mass is 9.94. The molecule has 3 aromatic heterocycles. The van der Waals surface area contributed by atoms with Crippen molar-refractivity contribution in [1.82, 2.24) is 8.80 Å². The van der Waals surface area contributed by atoms with Gasteiger partial charge in [0.25, 0.3) is 0 Å². The van der Waals surface area contributed by atoms with Crippen molar-refractivity contribution in [2.75, 3.05) is 9.80 Å². The van der Waals surface area contributed by atoms with E-state index in [9.17, 15) is 0 Å². The molecule has 3 heterocycles. The molecule has 12 aromatic carbocycles. The van der Waals surface area contributed by atoms with Crippen LogP contribution in [0.5, 0.6) is 0 Å². The van der Waals surface area contributed by atoms with Gasteiger partial charge in [-0.3, -0.25) is 0 Å². The maximum absolute atomic E-state index is 2.61. The molecule has 15 aromatic rings.